The Morgan fingerprint density at radius 2 is 1.29 bits per heavy atom. The van der Waals surface area contributed by atoms with Crippen LogP contribution in [0, 0.1) is 6.92 Å². The number of fused-ring (bicyclic) bond motifs is 3. The lowest BCUT2D eigenvalue weighted by molar-refractivity contribution is 0.00578. The normalized spacial score (nSPS) is 16.1. The first-order chi connectivity index (χ1) is 19.7. The van der Waals surface area contributed by atoms with Gasteiger partial charge in [-0.05, 0) is 57.3 Å². The predicted molar refractivity (Wildman–Crippen MR) is 172 cm³/mol. The second kappa shape index (κ2) is 9.62. The second-order valence-electron chi connectivity index (χ2n) is 11.8. The van der Waals surface area contributed by atoms with Crippen molar-refractivity contribution in [1.82, 2.24) is 9.97 Å². The fourth-order valence-corrected chi connectivity index (χ4v) is 6.44. The van der Waals surface area contributed by atoms with Crippen LogP contribution < -0.4 is 5.46 Å². The lowest BCUT2D eigenvalue weighted by Crippen LogP contribution is -2.41. The molecule has 6 aromatic rings. The Balaban J connectivity index is 1.35. The summed E-state index contributed by atoms with van der Waals surface area (Å²) in [6, 6.07) is 34.1. The molecule has 0 spiro atoms. The molecule has 0 N–H and O–H groups in total. The van der Waals surface area contributed by atoms with Gasteiger partial charge in [0.2, 0.25) is 0 Å². The van der Waals surface area contributed by atoms with Crippen molar-refractivity contribution in [3.8, 4) is 33.8 Å². The monoisotopic (exact) mass is 554 g/mol. The molecule has 1 fully saturated rings. The molecule has 7 rings (SSSR count). The van der Waals surface area contributed by atoms with Crippen molar-refractivity contribution in [2.24, 2.45) is 0 Å². The molecule has 3 heterocycles. The summed E-state index contributed by atoms with van der Waals surface area (Å²) in [4.78, 5) is 10.3. The molecule has 0 amide bonds. The van der Waals surface area contributed by atoms with Crippen LogP contribution in [0.2, 0.25) is 0 Å². The Kier molecular flexibility index (Phi) is 6.12. The minimum Gasteiger partial charge on any atom is -0.399 e. The minimum absolute atomic E-state index is 0.406. The highest BCUT2D eigenvalue weighted by Gasteiger charge is 2.51. The Labute approximate surface area is 245 Å². The molecule has 0 atom stereocenters. The number of aromatic nitrogens is 2. The van der Waals surface area contributed by atoms with Gasteiger partial charge in [-0.2, -0.15) is 0 Å². The maximum Gasteiger partial charge on any atom is 0.494 e. The van der Waals surface area contributed by atoms with E-state index in [4.69, 9.17) is 19.3 Å². The third-order valence-electron chi connectivity index (χ3n) is 8.43. The molecule has 202 valence electrons. The van der Waals surface area contributed by atoms with Crippen LogP contribution in [0.1, 0.15) is 33.3 Å². The van der Waals surface area contributed by atoms with E-state index in [1.807, 2.05) is 6.07 Å². The molecule has 41 heavy (non-hydrogen) atoms. The molecular formula is C35H31BN2O2S. The number of hydrogen-bond donors (Lipinski definition) is 0. The summed E-state index contributed by atoms with van der Waals surface area (Å²) < 4.78 is 15.0. The van der Waals surface area contributed by atoms with Gasteiger partial charge in [0.15, 0.2) is 5.82 Å². The first-order valence-corrected chi connectivity index (χ1v) is 14.8. The van der Waals surface area contributed by atoms with Crippen molar-refractivity contribution in [3.63, 3.8) is 0 Å². The third kappa shape index (κ3) is 4.56. The van der Waals surface area contributed by atoms with E-state index in [1.54, 1.807) is 11.3 Å². The SMILES string of the molecule is Cc1ccc(-c2ccc(-c3nc(-c4cccc(B5OC(C)(C)C(C)(C)O5)c4)nc4c3sc3ccccc34)cc2)cc1. The molecular weight excluding hydrogens is 523 g/mol. The Morgan fingerprint density at radius 3 is 2.00 bits per heavy atom. The predicted octanol–water partition coefficient (Wildman–Crippen LogP) is 8.45. The van der Waals surface area contributed by atoms with E-state index >= 15 is 0 Å². The van der Waals surface area contributed by atoms with Crippen LogP contribution in [0.4, 0.5) is 0 Å². The van der Waals surface area contributed by atoms with Crippen molar-refractivity contribution in [3.05, 3.63) is 103 Å². The number of rotatable bonds is 4. The quantitative estimate of drug-likeness (QED) is 0.205. The van der Waals surface area contributed by atoms with Crippen molar-refractivity contribution >= 4 is 44.2 Å². The summed E-state index contributed by atoms with van der Waals surface area (Å²) in [5.74, 6) is 0.692. The van der Waals surface area contributed by atoms with Crippen LogP contribution >= 0.6 is 11.3 Å². The molecule has 1 aliphatic heterocycles. The van der Waals surface area contributed by atoms with Crippen LogP contribution in [-0.4, -0.2) is 28.3 Å². The Morgan fingerprint density at radius 1 is 0.659 bits per heavy atom. The van der Waals surface area contributed by atoms with Gasteiger partial charge in [-0.3, -0.25) is 0 Å². The second-order valence-corrected chi connectivity index (χ2v) is 12.9. The highest BCUT2D eigenvalue weighted by Crippen LogP contribution is 2.40. The van der Waals surface area contributed by atoms with Crippen molar-refractivity contribution in [2.45, 2.75) is 45.8 Å². The number of thiophene rings is 1. The zero-order valence-corrected chi connectivity index (χ0v) is 24.8. The van der Waals surface area contributed by atoms with E-state index in [9.17, 15) is 0 Å². The number of benzene rings is 4. The van der Waals surface area contributed by atoms with Crippen molar-refractivity contribution in [1.29, 1.82) is 0 Å². The van der Waals surface area contributed by atoms with Crippen LogP contribution in [0.5, 0.6) is 0 Å². The zero-order valence-electron chi connectivity index (χ0n) is 23.9. The Bertz CT molecular complexity index is 1890. The van der Waals surface area contributed by atoms with Gasteiger partial charge < -0.3 is 9.31 Å². The highest BCUT2D eigenvalue weighted by atomic mass is 32.1. The van der Waals surface area contributed by atoms with Gasteiger partial charge in [0.05, 0.1) is 27.1 Å². The average molecular weight is 555 g/mol. The fourth-order valence-electron chi connectivity index (χ4n) is 5.29. The van der Waals surface area contributed by atoms with Gasteiger partial charge in [-0.1, -0.05) is 96.6 Å². The fraction of sp³-hybridized carbons (Fsp3) is 0.200. The smallest absolute Gasteiger partial charge is 0.399 e. The largest absolute Gasteiger partial charge is 0.494 e. The summed E-state index contributed by atoms with van der Waals surface area (Å²) in [6.45, 7) is 10.4. The molecule has 0 saturated carbocycles. The van der Waals surface area contributed by atoms with Gasteiger partial charge in [-0.15, -0.1) is 11.3 Å². The average Bonchev–Trinajstić information content (AvgIpc) is 3.46. The van der Waals surface area contributed by atoms with Gasteiger partial charge in [-0.25, -0.2) is 9.97 Å². The molecule has 6 heteroatoms. The molecule has 1 aliphatic rings. The summed E-state index contributed by atoms with van der Waals surface area (Å²) in [5, 5.41) is 1.15. The lowest BCUT2D eigenvalue weighted by Gasteiger charge is -2.32. The first kappa shape index (κ1) is 26.1. The maximum atomic E-state index is 6.34. The van der Waals surface area contributed by atoms with Crippen molar-refractivity contribution < 1.29 is 9.31 Å². The number of aryl methyl sites for hydroxylation is 1. The topological polar surface area (TPSA) is 44.2 Å². The zero-order chi connectivity index (χ0) is 28.4. The van der Waals surface area contributed by atoms with Gasteiger partial charge in [0, 0.05) is 21.2 Å². The van der Waals surface area contributed by atoms with E-state index in [-0.39, 0.29) is 0 Å². The van der Waals surface area contributed by atoms with Crippen LogP contribution in [0.3, 0.4) is 0 Å². The molecule has 4 aromatic carbocycles. The highest BCUT2D eigenvalue weighted by molar-refractivity contribution is 7.26. The maximum absolute atomic E-state index is 6.34. The molecule has 0 bridgehead atoms. The summed E-state index contributed by atoms with van der Waals surface area (Å²) in [7, 11) is -0.445. The molecule has 0 unspecified atom stereocenters. The third-order valence-corrected chi connectivity index (χ3v) is 9.60. The van der Waals surface area contributed by atoms with E-state index in [0.29, 0.717) is 5.82 Å². The molecule has 1 saturated heterocycles. The Hall–Kier alpha value is -3.84. The standard InChI is InChI=1S/C35H31BN2O2S/c1-22-13-15-23(16-14-22)24-17-19-25(20-18-24)30-32-31(28-11-6-7-12-29(28)41-32)38-33(37-30)26-9-8-10-27(21-26)36-39-34(2,3)35(4,5)40-36/h6-21H,1-5H3. The van der Waals surface area contributed by atoms with Crippen LogP contribution in [0.15, 0.2) is 97.1 Å². The van der Waals surface area contributed by atoms with Crippen LogP contribution in [-0.2, 0) is 9.31 Å². The van der Waals surface area contributed by atoms with Crippen molar-refractivity contribution in [2.75, 3.05) is 0 Å². The summed E-state index contributed by atoms with van der Waals surface area (Å²) in [5.41, 5.74) is 7.74. The van der Waals surface area contributed by atoms with E-state index in [2.05, 4.69) is 126 Å². The van der Waals surface area contributed by atoms with E-state index in [1.165, 1.54) is 21.4 Å². The molecule has 4 nitrogen and oxygen atoms in total. The lowest BCUT2D eigenvalue weighted by atomic mass is 9.78. The number of hydrogen-bond acceptors (Lipinski definition) is 5. The van der Waals surface area contributed by atoms with Gasteiger partial charge in [0.25, 0.3) is 0 Å². The molecule has 0 aliphatic carbocycles. The van der Waals surface area contributed by atoms with Gasteiger partial charge >= 0.3 is 7.12 Å². The van der Waals surface area contributed by atoms with Gasteiger partial charge in [0.1, 0.15) is 0 Å². The first-order valence-electron chi connectivity index (χ1n) is 14.0. The summed E-state index contributed by atoms with van der Waals surface area (Å²) >= 11 is 1.75. The molecule has 2 aromatic heterocycles. The minimum atomic E-state index is -0.445. The van der Waals surface area contributed by atoms with E-state index in [0.717, 1.165) is 37.9 Å². The summed E-state index contributed by atoms with van der Waals surface area (Å²) in [6.07, 6.45) is 0. The van der Waals surface area contributed by atoms with Crippen LogP contribution in [0.25, 0.3) is 54.1 Å². The van der Waals surface area contributed by atoms with E-state index < -0.39 is 18.3 Å². The number of nitrogens with zero attached hydrogens (tertiary/aromatic N) is 2. The molecule has 0 radical (unpaired) electrons.